The molecule has 5 atom stereocenters. The zero-order valence-electron chi connectivity index (χ0n) is 25.4. The molecule has 2 aliphatic carbocycles. The largest absolute Gasteiger partial charge is 0.490 e. The topological polar surface area (TPSA) is 108 Å². The minimum Gasteiger partial charge on any atom is -0.490 e. The van der Waals surface area contributed by atoms with Crippen LogP contribution >= 0.6 is 11.6 Å². The summed E-state index contributed by atoms with van der Waals surface area (Å²) in [6.45, 7) is 3.91. The molecule has 1 amide bonds. The van der Waals surface area contributed by atoms with Gasteiger partial charge in [-0.3, -0.25) is 4.79 Å². The van der Waals surface area contributed by atoms with Crippen molar-refractivity contribution in [1.29, 1.82) is 0 Å². The Kier molecular flexibility index (Phi) is 9.01. The molecule has 2 aromatic carbocycles. The molecule has 4 aliphatic rings. The van der Waals surface area contributed by atoms with Crippen LogP contribution in [0.5, 0.6) is 5.75 Å². The van der Waals surface area contributed by atoms with E-state index in [1.165, 1.54) is 22.5 Å². The number of fused-ring (bicyclic) bond motifs is 4. The summed E-state index contributed by atoms with van der Waals surface area (Å²) in [5, 5.41) is 11.9. The number of nitrogens with one attached hydrogen (secondary N) is 1. The van der Waals surface area contributed by atoms with Crippen LogP contribution in [0.3, 0.4) is 0 Å². The lowest BCUT2D eigenvalue weighted by atomic mass is 9.68. The van der Waals surface area contributed by atoms with Gasteiger partial charge in [-0.2, -0.15) is 12.7 Å². The minimum absolute atomic E-state index is 0.0853. The number of halogens is 1. The summed E-state index contributed by atoms with van der Waals surface area (Å²) < 4.78 is 42.3. The molecular formula is C33H42ClN3O6S. The second-order valence-corrected chi connectivity index (χ2v) is 14.9. The van der Waals surface area contributed by atoms with Crippen LogP contribution in [-0.4, -0.2) is 75.8 Å². The first-order chi connectivity index (χ1) is 21.1. The SMILES string of the molecule is COCCN1[C@@H](C)C/C=C/[C@H](O)[C@@H]2CC[C@H]2CN2C[C@@]3(CCCc4cc(Cl)ccc43)COc3ccc(cc32)C(=O)NS1(=O)=O. The van der Waals surface area contributed by atoms with Crippen molar-refractivity contribution in [2.75, 3.05) is 44.9 Å². The lowest BCUT2D eigenvalue weighted by Gasteiger charge is -2.45. The summed E-state index contributed by atoms with van der Waals surface area (Å²) in [5.74, 6) is 0.316. The van der Waals surface area contributed by atoms with Crippen molar-refractivity contribution in [3.05, 3.63) is 70.3 Å². The number of carbonyl (C=O) groups is 1. The van der Waals surface area contributed by atoms with Crippen molar-refractivity contribution in [2.24, 2.45) is 11.8 Å². The zero-order chi connectivity index (χ0) is 31.1. The number of benzene rings is 2. The molecule has 0 unspecified atom stereocenters. The second kappa shape index (κ2) is 12.6. The third-order valence-corrected chi connectivity index (χ3v) is 11.9. The smallest absolute Gasteiger partial charge is 0.304 e. The van der Waals surface area contributed by atoms with E-state index >= 15 is 0 Å². The highest BCUT2D eigenvalue weighted by atomic mass is 35.5. The molecule has 2 N–H and O–H groups in total. The van der Waals surface area contributed by atoms with Crippen molar-refractivity contribution in [3.63, 3.8) is 0 Å². The number of anilines is 1. The third-order valence-electron chi connectivity index (χ3n) is 10.0. The number of amides is 1. The van der Waals surface area contributed by atoms with Gasteiger partial charge in [-0.15, -0.1) is 0 Å². The normalized spacial score (nSPS) is 31.1. The van der Waals surface area contributed by atoms with Gasteiger partial charge in [0, 0.05) is 48.8 Å². The van der Waals surface area contributed by atoms with Crippen LogP contribution < -0.4 is 14.4 Å². The first-order valence-electron chi connectivity index (χ1n) is 15.6. The highest BCUT2D eigenvalue weighted by molar-refractivity contribution is 7.87. The number of hydrogen-bond donors (Lipinski definition) is 2. The Bertz CT molecular complexity index is 1530. The summed E-state index contributed by atoms with van der Waals surface area (Å²) >= 11 is 6.39. The number of nitrogens with zero attached hydrogens (tertiary/aromatic N) is 2. The number of aryl methyl sites for hydroxylation is 1. The van der Waals surface area contributed by atoms with Crippen LogP contribution in [0, 0.1) is 11.8 Å². The average Bonchev–Trinajstić information content (AvgIpc) is 3.11. The number of ether oxygens (including phenoxy) is 2. The predicted molar refractivity (Wildman–Crippen MR) is 171 cm³/mol. The molecule has 238 valence electrons. The number of aliphatic hydroxyl groups excluding tert-OH is 1. The van der Waals surface area contributed by atoms with E-state index in [1.54, 1.807) is 31.2 Å². The Hall–Kier alpha value is -2.63. The monoisotopic (exact) mass is 643 g/mol. The summed E-state index contributed by atoms with van der Waals surface area (Å²) in [4.78, 5) is 15.8. The van der Waals surface area contributed by atoms with E-state index in [-0.39, 0.29) is 36.0 Å². The third kappa shape index (κ3) is 6.11. The molecule has 11 heteroatoms. The maximum atomic E-state index is 13.5. The van der Waals surface area contributed by atoms with Crippen LogP contribution in [0.1, 0.15) is 60.5 Å². The maximum Gasteiger partial charge on any atom is 0.304 e. The molecule has 2 aliphatic heterocycles. The molecular weight excluding hydrogens is 602 g/mol. The number of hydrogen-bond acceptors (Lipinski definition) is 7. The standard InChI is InChI=1S/C33H42ClN3O6S/c1-22-5-3-7-30(38)27-11-8-25(27)19-36-20-33(14-4-6-23-17-26(34)10-12-28(23)33)21-43-31-13-9-24(18-29(31)36)32(39)35-44(40,41)37(22)15-16-42-2/h3,7,9-10,12-13,17-18,22,25,27,30,38H,4-6,8,11,14-16,19-21H2,1-2H3,(H,35,39)/b7-3+/t22-,25-,27+,30-,33-/m0/s1. The summed E-state index contributed by atoms with van der Waals surface area (Å²) in [5.41, 5.74) is 3.21. The van der Waals surface area contributed by atoms with Crippen LogP contribution in [0.15, 0.2) is 48.6 Å². The first-order valence-corrected chi connectivity index (χ1v) is 17.4. The van der Waals surface area contributed by atoms with Gasteiger partial charge in [0.05, 0.1) is 25.0 Å². The lowest BCUT2D eigenvalue weighted by molar-refractivity contribution is 0.0455. The quantitative estimate of drug-likeness (QED) is 0.475. The van der Waals surface area contributed by atoms with Gasteiger partial charge in [0.25, 0.3) is 5.91 Å². The van der Waals surface area contributed by atoms with Crippen LogP contribution in [-0.2, 0) is 26.8 Å². The fourth-order valence-electron chi connectivity index (χ4n) is 7.48. The average molecular weight is 644 g/mol. The highest BCUT2D eigenvalue weighted by Crippen LogP contribution is 2.46. The van der Waals surface area contributed by atoms with Crippen molar-refractivity contribution in [2.45, 2.75) is 63.0 Å². The van der Waals surface area contributed by atoms with Crippen molar-refractivity contribution >= 4 is 33.4 Å². The van der Waals surface area contributed by atoms with Gasteiger partial charge in [-0.25, -0.2) is 4.72 Å². The van der Waals surface area contributed by atoms with Crippen LogP contribution in [0.25, 0.3) is 0 Å². The van der Waals surface area contributed by atoms with Gasteiger partial charge in [-0.1, -0.05) is 29.8 Å². The molecule has 0 radical (unpaired) electrons. The zero-order valence-corrected chi connectivity index (χ0v) is 26.9. The number of rotatable bonds is 3. The molecule has 2 heterocycles. The molecule has 2 bridgehead atoms. The highest BCUT2D eigenvalue weighted by Gasteiger charge is 2.44. The minimum atomic E-state index is -4.19. The van der Waals surface area contributed by atoms with Crippen molar-refractivity contribution in [1.82, 2.24) is 9.03 Å². The Balaban J connectivity index is 1.41. The van der Waals surface area contributed by atoms with Crippen molar-refractivity contribution in [3.8, 4) is 5.75 Å². The Morgan fingerprint density at radius 3 is 2.82 bits per heavy atom. The summed E-state index contributed by atoms with van der Waals surface area (Å²) in [6.07, 6.45) is 8.28. The van der Waals surface area contributed by atoms with E-state index in [9.17, 15) is 18.3 Å². The van der Waals surface area contributed by atoms with Gasteiger partial charge in [-0.05, 0) is 98.7 Å². The van der Waals surface area contributed by atoms with E-state index in [0.717, 1.165) is 42.8 Å². The Morgan fingerprint density at radius 1 is 1.20 bits per heavy atom. The first kappa shape index (κ1) is 31.4. The fourth-order valence-corrected chi connectivity index (χ4v) is 9.02. The Morgan fingerprint density at radius 2 is 2.05 bits per heavy atom. The second-order valence-electron chi connectivity index (χ2n) is 12.8. The van der Waals surface area contributed by atoms with Gasteiger partial charge in [0.15, 0.2) is 0 Å². The summed E-state index contributed by atoms with van der Waals surface area (Å²) in [6, 6.07) is 10.8. The van der Waals surface area contributed by atoms with E-state index in [1.807, 2.05) is 12.1 Å². The molecule has 0 saturated heterocycles. The van der Waals surface area contributed by atoms with Crippen LogP contribution in [0.2, 0.25) is 5.02 Å². The molecule has 1 saturated carbocycles. The fraction of sp³-hybridized carbons (Fsp3) is 0.545. The molecule has 44 heavy (non-hydrogen) atoms. The van der Waals surface area contributed by atoms with Gasteiger partial charge in [0.1, 0.15) is 5.75 Å². The Labute approximate surface area is 265 Å². The number of methoxy groups -OCH3 is 1. The lowest BCUT2D eigenvalue weighted by Crippen LogP contribution is -2.50. The van der Waals surface area contributed by atoms with E-state index in [4.69, 9.17) is 21.1 Å². The van der Waals surface area contributed by atoms with E-state index < -0.39 is 28.3 Å². The molecule has 6 rings (SSSR count). The van der Waals surface area contributed by atoms with E-state index in [0.29, 0.717) is 31.9 Å². The predicted octanol–water partition coefficient (Wildman–Crippen LogP) is 4.47. The molecule has 1 spiro atoms. The summed E-state index contributed by atoms with van der Waals surface area (Å²) in [7, 11) is -2.68. The number of aliphatic hydroxyl groups is 1. The van der Waals surface area contributed by atoms with Gasteiger partial charge in [0.2, 0.25) is 0 Å². The van der Waals surface area contributed by atoms with Gasteiger partial charge < -0.3 is 19.5 Å². The molecule has 9 nitrogen and oxygen atoms in total. The van der Waals surface area contributed by atoms with Gasteiger partial charge >= 0.3 is 10.2 Å². The molecule has 1 fully saturated rings. The molecule has 0 aromatic heterocycles. The van der Waals surface area contributed by atoms with E-state index in [2.05, 4.69) is 21.8 Å². The maximum absolute atomic E-state index is 13.5. The number of carbonyl (C=O) groups excluding carboxylic acids is 1. The van der Waals surface area contributed by atoms with Crippen molar-refractivity contribution < 1.29 is 27.8 Å². The van der Waals surface area contributed by atoms with Crippen LogP contribution in [0.4, 0.5) is 5.69 Å². The molecule has 2 aromatic rings.